The number of benzene rings is 2. The minimum Gasteiger partial charge on any atom is -0.489 e. The zero-order valence-corrected chi connectivity index (χ0v) is 14.0. The standard InChI is InChI=1S/C20H23NO3/c1-15-5-2-6-16(11-15)14-24-18-8-3-7-17(12-18)20(22)21-13-19-9-4-10-23-19/h2-3,5-8,11-12,19H,4,9-10,13-14H2,1H3,(H,21,22)/t19-/m0/s1. The van der Waals surface area contributed by atoms with Crippen molar-refractivity contribution in [3.63, 3.8) is 0 Å². The van der Waals surface area contributed by atoms with Crippen LogP contribution in [0, 0.1) is 6.92 Å². The molecule has 4 heteroatoms. The Balaban J connectivity index is 1.55. The Morgan fingerprint density at radius 1 is 1.25 bits per heavy atom. The molecule has 1 aliphatic rings. The third kappa shape index (κ3) is 4.59. The van der Waals surface area contributed by atoms with Crippen LogP contribution in [0.2, 0.25) is 0 Å². The third-order valence-electron chi connectivity index (χ3n) is 4.10. The van der Waals surface area contributed by atoms with E-state index >= 15 is 0 Å². The normalized spacial score (nSPS) is 16.8. The van der Waals surface area contributed by atoms with Gasteiger partial charge in [0.2, 0.25) is 0 Å². The third-order valence-corrected chi connectivity index (χ3v) is 4.10. The van der Waals surface area contributed by atoms with E-state index in [2.05, 4.69) is 24.4 Å². The molecular formula is C20H23NO3. The largest absolute Gasteiger partial charge is 0.489 e. The summed E-state index contributed by atoms with van der Waals surface area (Å²) in [5.41, 5.74) is 2.93. The minimum atomic E-state index is -0.0912. The van der Waals surface area contributed by atoms with Gasteiger partial charge in [0, 0.05) is 18.7 Å². The van der Waals surface area contributed by atoms with Crippen LogP contribution in [-0.4, -0.2) is 25.2 Å². The Labute approximate surface area is 142 Å². The summed E-state index contributed by atoms with van der Waals surface area (Å²) in [6.07, 6.45) is 2.23. The summed E-state index contributed by atoms with van der Waals surface area (Å²) in [4.78, 5) is 12.3. The van der Waals surface area contributed by atoms with Gasteiger partial charge in [-0.3, -0.25) is 4.79 Å². The van der Waals surface area contributed by atoms with E-state index in [9.17, 15) is 4.79 Å². The van der Waals surface area contributed by atoms with E-state index in [0.29, 0.717) is 24.5 Å². The Kier molecular flexibility index (Phi) is 5.49. The first-order valence-electron chi connectivity index (χ1n) is 8.39. The Morgan fingerprint density at radius 2 is 2.12 bits per heavy atom. The topological polar surface area (TPSA) is 47.6 Å². The number of aryl methyl sites for hydroxylation is 1. The van der Waals surface area contributed by atoms with Gasteiger partial charge in [-0.25, -0.2) is 0 Å². The first kappa shape index (κ1) is 16.5. The Bertz CT molecular complexity index is 693. The molecule has 0 spiro atoms. The van der Waals surface area contributed by atoms with E-state index in [4.69, 9.17) is 9.47 Å². The van der Waals surface area contributed by atoms with E-state index in [1.54, 1.807) is 12.1 Å². The van der Waals surface area contributed by atoms with Gasteiger partial charge in [-0.15, -0.1) is 0 Å². The quantitative estimate of drug-likeness (QED) is 0.884. The number of amides is 1. The fourth-order valence-electron chi connectivity index (χ4n) is 2.81. The molecule has 126 valence electrons. The molecule has 0 saturated carbocycles. The number of rotatable bonds is 6. The summed E-state index contributed by atoms with van der Waals surface area (Å²) in [5, 5.41) is 2.93. The minimum absolute atomic E-state index is 0.0912. The lowest BCUT2D eigenvalue weighted by Gasteiger charge is -2.12. The maximum atomic E-state index is 12.3. The second kappa shape index (κ2) is 7.97. The van der Waals surface area contributed by atoms with Crippen LogP contribution in [-0.2, 0) is 11.3 Å². The Hall–Kier alpha value is -2.33. The van der Waals surface area contributed by atoms with Gasteiger partial charge in [-0.1, -0.05) is 35.9 Å². The van der Waals surface area contributed by atoms with Crippen molar-refractivity contribution in [3.05, 3.63) is 65.2 Å². The van der Waals surface area contributed by atoms with Crippen molar-refractivity contribution in [2.45, 2.75) is 32.5 Å². The highest BCUT2D eigenvalue weighted by Crippen LogP contribution is 2.16. The highest BCUT2D eigenvalue weighted by atomic mass is 16.5. The summed E-state index contributed by atoms with van der Waals surface area (Å²) in [5.74, 6) is 0.604. The lowest BCUT2D eigenvalue weighted by Crippen LogP contribution is -2.31. The zero-order valence-electron chi connectivity index (χ0n) is 14.0. The first-order valence-corrected chi connectivity index (χ1v) is 8.39. The highest BCUT2D eigenvalue weighted by Gasteiger charge is 2.16. The van der Waals surface area contributed by atoms with Gasteiger partial charge in [0.15, 0.2) is 0 Å². The average Bonchev–Trinajstić information content (AvgIpc) is 3.12. The smallest absolute Gasteiger partial charge is 0.251 e. The van der Waals surface area contributed by atoms with Crippen LogP contribution in [0.5, 0.6) is 5.75 Å². The predicted octanol–water partition coefficient (Wildman–Crippen LogP) is 3.48. The molecule has 1 heterocycles. The molecule has 1 fully saturated rings. The van der Waals surface area contributed by atoms with E-state index in [1.807, 2.05) is 24.3 Å². The second-order valence-electron chi connectivity index (χ2n) is 6.15. The molecule has 24 heavy (non-hydrogen) atoms. The van der Waals surface area contributed by atoms with Gasteiger partial charge in [0.25, 0.3) is 5.91 Å². The maximum absolute atomic E-state index is 12.3. The molecule has 1 atom stereocenters. The summed E-state index contributed by atoms with van der Waals surface area (Å²) in [7, 11) is 0. The Morgan fingerprint density at radius 3 is 2.92 bits per heavy atom. The van der Waals surface area contributed by atoms with Crippen LogP contribution in [0.3, 0.4) is 0 Å². The van der Waals surface area contributed by atoms with Crippen LogP contribution in [0.15, 0.2) is 48.5 Å². The van der Waals surface area contributed by atoms with Crippen molar-refractivity contribution in [3.8, 4) is 5.75 Å². The average molecular weight is 325 g/mol. The SMILES string of the molecule is Cc1cccc(COc2cccc(C(=O)NC[C@@H]3CCCO3)c2)c1. The van der Waals surface area contributed by atoms with Crippen LogP contribution in [0.25, 0.3) is 0 Å². The van der Waals surface area contributed by atoms with Gasteiger partial charge in [-0.05, 0) is 43.5 Å². The fourth-order valence-corrected chi connectivity index (χ4v) is 2.81. The molecular weight excluding hydrogens is 302 g/mol. The highest BCUT2D eigenvalue weighted by molar-refractivity contribution is 5.94. The van der Waals surface area contributed by atoms with Gasteiger partial charge in [-0.2, -0.15) is 0 Å². The number of hydrogen-bond acceptors (Lipinski definition) is 3. The van der Waals surface area contributed by atoms with E-state index < -0.39 is 0 Å². The molecule has 1 amide bonds. The number of nitrogens with one attached hydrogen (secondary N) is 1. The molecule has 4 nitrogen and oxygen atoms in total. The molecule has 1 N–H and O–H groups in total. The lowest BCUT2D eigenvalue weighted by atomic mass is 10.1. The summed E-state index contributed by atoms with van der Waals surface area (Å²) in [6, 6.07) is 15.5. The van der Waals surface area contributed by atoms with Crippen LogP contribution in [0.1, 0.15) is 34.3 Å². The van der Waals surface area contributed by atoms with Gasteiger partial charge in [0.05, 0.1) is 6.10 Å². The lowest BCUT2D eigenvalue weighted by molar-refractivity contribution is 0.0857. The summed E-state index contributed by atoms with van der Waals surface area (Å²) in [6.45, 7) is 3.90. The predicted molar refractivity (Wildman–Crippen MR) is 93.3 cm³/mol. The van der Waals surface area contributed by atoms with Crippen LogP contribution < -0.4 is 10.1 Å². The summed E-state index contributed by atoms with van der Waals surface area (Å²) < 4.78 is 11.3. The van der Waals surface area contributed by atoms with Gasteiger partial charge < -0.3 is 14.8 Å². The van der Waals surface area contributed by atoms with Crippen LogP contribution in [0.4, 0.5) is 0 Å². The molecule has 2 aromatic rings. The maximum Gasteiger partial charge on any atom is 0.251 e. The van der Waals surface area contributed by atoms with E-state index in [1.165, 1.54) is 5.56 Å². The van der Waals surface area contributed by atoms with Crippen molar-refractivity contribution >= 4 is 5.91 Å². The molecule has 1 saturated heterocycles. The molecule has 3 rings (SSSR count). The monoisotopic (exact) mass is 325 g/mol. The van der Waals surface area contributed by atoms with E-state index in [-0.39, 0.29) is 12.0 Å². The van der Waals surface area contributed by atoms with Gasteiger partial charge >= 0.3 is 0 Å². The van der Waals surface area contributed by atoms with Crippen molar-refractivity contribution in [2.24, 2.45) is 0 Å². The fraction of sp³-hybridized carbons (Fsp3) is 0.350. The molecule has 0 bridgehead atoms. The first-order chi connectivity index (χ1) is 11.7. The van der Waals surface area contributed by atoms with Crippen molar-refractivity contribution < 1.29 is 14.3 Å². The van der Waals surface area contributed by atoms with Gasteiger partial charge in [0.1, 0.15) is 12.4 Å². The number of carbonyl (C=O) groups excluding carboxylic acids is 1. The second-order valence-corrected chi connectivity index (χ2v) is 6.15. The van der Waals surface area contributed by atoms with Crippen LogP contribution >= 0.6 is 0 Å². The molecule has 0 aromatic heterocycles. The number of carbonyl (C=O) groups is 1. The summed E-state index contributed by atoms with van der Waals surface area (Å²) >= 11 is 0. The van der Waals surface area contributed by atoms with Crippen molar-refractivity contribution in [1.29, 1.82) is 0 Å². The number of ether oxygens (including phenoxy) is 2. The van der Waals surface area contributed by atoms with Crippen molar-refractivity contribution in [1.82, 2.24) is 5.32 Å². The molecule has 1 aliphatic heterocycles. The molecule has 0 aliphatic carbocycles. The number of hydrogen-bond donors (Lipinski definition) is 1. The molecule has 0 radical (unpaired) electrons. The van der Waals surface area contributed by atoms with Crippen molar-refractivity contribution in [2.75, 3.05) is 13.2 Å². The molecule has 0 unspecified atom stereocenters. The van der Waals surface area contributed by atoms with E-state index in [0.717, 1.165) is 25.0 Å². The zero-order chi connectivity index (χ0) is 16.8. The molecule has 2 aromatic carbocycles.